The molecule has 4 nitrogen and oxygen atoms in total. The summed E-state index contributed by atoms with van der Waals surface area (Å²) >= 11 is 0. The lowest BCUT2D eigenvalue weighted by Gasteiger charge is -2.34. The molecule has 21 heavy (non-hydrogen) atoms. The normalized spacial score (nSPS) is 24.4. The van der Waals surface area contributed by atoms with Crippen LogP contribution in [0.1, 0.15) is 33.3 Å². The Hall–Kier alpha value is -0.910. The molecule has 0 N–H and O–H groups in total. The van der Waals surface area contributed by atoms with Crippen molar-refractivity contribution in [1.29, 1.82) is 0 Å². The number of nitrogens with zero attached hydrogens (tertiary/aromatic N) is 1. The van der Waals surface area contributed by atoms with Crippen LogP contribution in [0.2, 0.25) is 0 Å². The monoisotopic (exact) mass is 311 g/mol. The Morgan fingerprint density at radius 3 is 2.14 bits per heavy atom. The van der Waals surface area contributed by atoms with E-state index in [-0.39, 0.29) is 12.2 Å². The van der Waals surface area contributed by atoms with Crippen molar-refractivity contribution in [1.82, 2.24) is 4.31 Å². The van der Waals surface area contributed by atoms with E-state index in [9.17, 15) is 8.42 Å². The van der Waals surface area contributed by atoms with Crippen LogP contribution in [0, 0.1) is 5.92 Å². The first kappa shape index (κ1) is 16.5. The van der Waals surface area contributed by atoms with E-state index in [1.807, 2.05) is 26.0 Å². The van der Waals surface area contributed by atoms with Crippen LogP contribution in [0.4, 0.5) is 0 Å². The molecule has 0 aliphatic carbocycles. The van der Waals surface area contributed by atoms with Crippen molar-refractivity contribution in [3.63, 3.8) is 0 Å². The van der Waals surface area contributed by atoms with Crippen LogP contribution in [0.25, 0.3) is 0 Å². The largest absolute Gasteiger partial charge is 0.373 e. The van der Waals surface area contributed by atoms with Gasteiger partial charge >= 0.3 is 0 Å². The van der Waals surface area contributed by atoms with Gasteiger partial charge in [-0.15, -0.1) is 0 Å². The molecule has 1 fully saturated rings. The first-order chi connectivity index (χ1) is 9.79. The molecule has 0 saturated carbocycles. The highest BCUT2D eigenvalue weighted by Crippen LogP contribution is 2.22. The molecule has 0 bridgehead atoms. The van der Waals surface area contributed by atoms with Crippen molar-refractivity contribution in [3.8, 4) is 0 Å². The summed E-state index contributed by atoms with van der Waals surface area (Å²) in [5.41, 5.74) is 1.17. The second kappa shape index (κ2) is 6.46. The minimum atomic E-state index is -3.42. The van der Waals surface area contributed by atoms with E-state index in [2.05, 4.69) is 13.8 Å². The number of morpholine rings is 1. The summed E-state index contributed by atoms with van der Waals surface area (Å²) in [4.78, 5) is 0.372. The van der Waals surface area contributed by atoms with Crippen LogP contribution in [0.5, 0.6) is 0 Å². The van der Waals surface area contributed by atoms with E-state index >= 15 is 0 Å². The third-order valence-corrected chi connectivity index (χ3v) is 5.44. The van der Waals surface area contributed by atoms with Gasteiger partial charge < -0.3 is 4.74 Å². The fourth-order valence-electron chi connectivity index (χ4n) is 2.74. The molecule has 0 unspecified atom stereocenters. The van der Waals surface area contributed by atoms with E-state index in [0.29, 0.717) is 23.9 Å². The Morgan fingerprint density at radius 2 is 1.67 bits per heavy atom. The molecule has 2 atom stereocenters. The molecule has 1 aromatic carbocycles. The van der Waals surface area contributed by atoms with Gasteiger partial charge in [0.15, 0.2) is 0 Å². The van der Waals surface area contributed by atoms with Gasteiger partial charge in [-0.05, 0) is 43.9 Å². The highest BCUT2D eigenvalue weighted by Gasteiger charge is 2.32. The zero-order valence-electron chi connectivity index (χ0n) is 13.2. The topological polar surface area (TPSA) is 46.6 Å². The van der Waals surface area contributed by atoms with Crippen LogP contribution in [0.3, 0.4) is 0 Å². The molecule has 2 rings (SSSR count). The molecule has 0 spiro atoms. The number of rotatable bonds is 4. The number of ether oxygens (including phenoxy) is 1. The first-order valence-electron chi connectivity index (χ1n) is 7.53. The van der Waals surface area contributed by atoms with Crippen molar-refractivity contribution in [2.75, 3.05) is 13.1 Å². The smallest absolute Gasteiger partial charge is 0.243 e. The average Bonchev–Trinajstić information content (AvgIpc) is 2.37. The highest BCUT2D eigenvalue weighted by molar-refractivity contribution is 7.89. The maximum Gasteiger partial charge on any atom is 0.243 e. The maximum atomic E-state index is 12.7. The summed E-state index contributed by atoms with van der Waals surface area (Å²) in [5, 5.41) is 0. The molecule has 1 heterocycles. The van der Waals surface area contributed by atoms with Gasteiger partial charge in [0, 0.05) is 13.1 Å². The zero-order chi connectivity index (χ0) is 15.6. The van der Waals surface area contributed by atoms with Gasteiger partial charge in [0.1, 0.15) is 0 Å². The second-order valence-corrected chi connectivity index (χ2v) is 8.26. The first-order valence-corrected chi connectivity index (χ1v) is 8.97. The summed E-state index contributed by atoms with van der Waals surface area (Å²) in [6, 6.07) is 7.27. The Kier molecular flexibility index (Phi) is 5.07. The molecule has 1 aliphatic heterocycles. The van der Waals surface area contributed by atoms with Gasteiger partial charge in [0.2, 0.25) is 10.0 Å². The van der Waals surface area contributed by atoms with Gasteiger partial charge in [-0.1, -0.05) is 26.0 Å². The molecule has 0 aromatic heterocycles. The zero-order valence-corrected chi connectivity index (χ0v) is 14.1. The Balaban J connectivity index is 2.19. The minimum Gasteiger partial charge on any atom is -0.373 e. The average molecular weight is 311 g/mol. The van der Waals surface area contributed by atoms with E-state index in [4.69, 9.17) is 4.74 Å². The van der Waals surface area contributed by atoms with Gasteiger partial charge in [-0.3, -0.25) is 0 Å². The van der Waals surface area contributed by atoms with Gasteiger partial charge in [-0.25, -0.2) is 8.42 Å². The van der Waals surface area contributed by atoms with Crippen LogP contribution >= 0.6 is 0 Å². The molecule has 0 radical (unpaired) electrons. The standard InChI is InChI=1S/C16H25NO3S/c1-12(2)9-15-5-7-16(8-6-15)21(18,19)17-10-13(3)20-14(4)11-17/h5-8,12-14H,9-11H2,1-4H3/t13-,14-/m0/s1. The Morgan fingerprint density at radius 1 is 1.14 bits per heavy atom. The van der Waals surface area contributed by atoms with Crippen molar-refractivity contribution in [2.45, 2.75) is 51.2 Å². The van der Waals surface area contributed by atoms with E-state index < -0.39 is 10.0 Å². The lowest BCUT2D eigenvalue weighted by molar-refractivity contribution is -0.0440. The fraction of sp³-hybridized carbons (Fsp3) is 0.625. The predicted molar refractivity (Wildman–Crippen MR) is 83.8 cm³/mol. The fourth-order valence-corrected chi connectivity index (χ4v) is 4.34. The molecule has 1 aliphatic rings. The molecule has 1 aromatic rings. The quantitative estimate of drug-likeness (QED) is 0.859. The molecule has 5 heteroatoms. The summed E-state index contributed by atoms with van der Waals surface area (Å²) in [5.74, 6) is 0.563. The lowest BCUT2D eigenvalue weighted by atomic mass is 10.0. The summed E-state index contributed by atoms with van der Waals surface area (Å²) in [7, 11) is -3.42. The van der Waals surface area contributed by atoms with Crippen LogP contribution in [-0.2, 0) is 21.2 Å². The van der Waals surface area contributed by atoms with Crippen LogP contribution in [0.15, 0.2) is 29.2 Å². The van der Waals surface area contributed by atoms with Crippen molar-refractivity contribution in [3.05, 3.63) is 29.8 Å². The van der Waals surface area contributed by atoms with Crippen LogP contribution < -0.4 is 0 Å². The number of sulfonamides is 1. The molecule has 0 amide bonds. The number of hydrogen-bond acceptors (Lipinski definition) is 3. The summed E-state index contributed by atoms with van der Waals surface area (Å²) in [6.07, 6.45) is 0.832. The molecular formula is C16H25NO3S. The third-order valence-electron chi connectivity index (χ3n) is 3.59. The molecular weight excluding hydrogens is 286 g/mol. The van der Waals surface area contributed by atoms with Crippen molar-refractivity contribution >= 4 is 10.0 Å². The van der Waals surface area contributed by atoms with Crippen molar-refractivity contribution < 1.29 is 13.2 Å². The Bertz CT molecular complexity index is 556. The lowest BCUT2D eigenvalue weighted by Crippen LogP contribution is -2.48. The van der Waals surface area contributed by atoms with E-state index in [1.54, 1.807) is 12.1 Å². The predicted octanol–water partition coefficient (Wildman–Crippen LogP) is 2.68. The van der Waals surface area contributed by atoms with Gasteiger partial charge in [0.25, 0.3) is 0 Å². The second-order valence-electron chi connectivity index (χ2n) is 6.32. The molecule has 118 valence electrons. The van der Waals surface area contributed by atoms with E-state index in [1.165, 1.54) is 9.87 Å². The number of benzene rings is 1. The van der Waals surface area contributed by atoms with E-state index in [0.717, 1.165) is 6.42 Å². The Labute approximate surface area is 128 Å². The van der Waals surface area contributed by atoms with Gasteiger partial charge in [-0.2, -0.15) is 4.31 Å². The molecule has 1 saturated heterocycles. The minimum absolute atomic E-state index is 0.0660. The highest BCUT2D eigenvalue weighted by atomic mass is 32.2. The summed E-state index contributed by atoms with van der Waals surface area (Å²) < 4.78 is 32.5. The van der Waals surface area contributed by atoms with Crippen molar-refractivity contribution in [2.24, 2.45) is 5.92 Å². The summed E-state index contributed by atoms with van der Waals surface area (Å²) in [6.45, 7) is 8.96. The third kappa shape index (κ3) is 4.05. The van der Waals surface area contributed by atoms with Crippen LogP contribution in [-0.4, -0.2) is 38.0 Å². The maximum absolute atomic E-state index is 12.7. The number of hydrogen-bond donors (Lipinski definition) is 0. The van der Waals surface area contributed by atoms with Gasteiger partial charge in [0.05, 0.1) is 17.1 Å². The SMILES string of the molecule is CC(C)Cc1ccc(S(=O)(=O)N2C[C@H](C)O[C@@H](C)C2)cc1.